The van der Waals surface area contributed by atoms with E-state index in [-0.39, 0.29) is 5.25 Å². The highest BCUT2D eigenvalue weighted by atomic mass is 32.2. The van der Waals surface area contributed by atoms with Crippen LogP contribution in [0.5, 0.6) is 0 Å². The van der Waals surface area contributed by atoms with Crippen LogP contribution in [0.3, 0.4) is 0 Å². The first-order chi connectivity index (χ1) is 15.3. The normalized spacial score (nSPS) is 15.9. The third-order valence-electron chi connectivity index (χ3n) is 5.92. The molecule has 6 aromatic heterocycles. The van der Waals surface area contributed by atoms with Crippen molar-refractivity contribution in [1.29, 1.82) is 0 Å². The van der Waals surface area contributed by atoms with Crippen molar-refractivity contribution in [1.82, 2.24) is 34.8 Å². The van der Waals surface area contributed by atoms with Crippen molar-refractivity contribution in [2.75, 3.05) is 0 Å². The van der Waals surface area contributed by atoms with Crippen molar-refractivity contribution in [3.05, 3.63) is 43.0 Å². The molecule has 8 nitrogen and oxygen atoms in total. The smallest absolute Gasteiger partial charge is 0.234 e. The maximum Gasteiger partial charge on any atom is 0.234 e. The molecular formula is C21H15N7OS2. The van der Waals surface area contributed by atoms with Gasteiger partial charge < -0.3 is 4.55 Å². The SMILES string of the molecule is [O-][S+](c1sc2nc(-c3cnc4nccnc4c3)cc3c2c1[nH]n1nccc31)C1CCC1. The van der Waals surface area contributed by atoms with Crippen LogP contribution < -0.4 is 0 Å². The van der Waals surface area contributed by atoms with Gasteiger partial charge in [0, 0.05) is 40.7 Å². The number of hydrogen-bond acceptors (Lipinski definition) is 7. The standard InChI is InChI=1S/C21H15N7OS2/c29-31(12-2-1-3-12)21-18-17-13(16-4-5-25-28(16)27-18)9-14(26-20(17)30-21)11-8-15-19(24-10-11)23-7-6-22-15/h4-10,12,27H,1-3H2. The number of nitrogens with one attached hydrogen (secondary N) is 1. The Kier molecular flexibility index (Phi) is 3.66. The molecule has 31 heavy (non-hydrogen) atoms. The van der Waals surface area contributed by atoms with Crippen LogP contribution in [0.25, 0.3) is 49.1 Å². The summed E-state index contributed by atoms with van der Waals surface area (Å²) in [5, 5.41) is 10.0. The Balaban J connectivity index is 1.52. The van der Waals surface area contributed by atoms with Gasteiger partial charge in [-0.1, -0.05) is 11.3 Å². The molecule has 0 aliphatic heterocycles. The molecule has 1 N–H and O–H groups in total. The van der Waals surface area contributed by atoms with Crippen LogP contribution >= 0.6 is 11.3 Å². The van der Waals surface area contributed by atoms with E-state index >= 15 is 0 Å². The van der Waals surface area contributed by atoms with E-state index in [1.165, 1.54) is 11.3 Å². The van der Waals surface area contributed by atoms with E-state index in [4.69, 9.17) is 4.98 Å². The molecule has 0 aromatic carbocycles. The van der Waals surface area contributed by atoms with E-state index < -0.39 is 11.2 Å². The predicted molar refractivity (Wildman–Crippen MR) is 121 cm³/mol. The molecule has 6 heterocycles. The molecule has 10 heteroatoms. The minimum absolute atomic E-state index is 0.233. The summed E-state index contributed by atoms with van der Waals surface area (Å²) in [6.07, 6.45) is 10.0. The number of pyridine rings is 2. The van der Waals surface area contributed by atoms with Crippen LogP contribution in [0.15, 0.2) is 47.2 Å². The second kappa shape index (κ2) is 6.46. The Labute approximate surface area is 182 Å². The molecule has 0 radical (unpaired) electrons. The summed E-state index contributed by atoms with van der Waals surface area (Å²) in [6.45, 7) is 0. The number of rotatable bonds is 3. The fraction of sp³-hybridized carbons (Fsp3) is 0.190. The van der Waals surface area contributed by atoms with Crippen molar-refractivity contribution in [3.63, 3.8) is 0 Å². The van der Waals surface area contributed by atoms with E-state index in [1.807, 2.05) is 12.1 Å². The van der Waals surface area contributed by atoms with Gasteiger partial charge in [-0.3, -0.25) is 10.1 Å². The average molecular weight is 446 g/mol. The Morgan fingerprint density at radius 1 is 1.13 bits per heavy atom. The number of fused-ring (bicyclic) bond motifs is 3. The summed E-state index contributed by atoms with van der Waals surface area (Å²) < 4.78 is 15.9. The topological polar surface area (TPSA) is 108 Å². The summed E-state index contributed by atoms with van der Waals surface area (Å²) >= 11 is 0.462. The van der Waals surface area contributed by atoms with Crippen molar-refractivity contribution < 1.29 is 4.55 Å². The second-order valence-electron chi connectivity index (χ2n) is 7.71. The lowest BCUT2D eigenvalue weighted by atomic mass is 10.0. The van der Waals surface area contributed by atoms with E-state index in [2.05, 4.69) is 31.2 Å². The van der Waals surface area contributed by atoms with Gasteiger partial charge in [0.25, 0.3) is 0 Å². The number of thiophene rings is 1. The molecule has 0 spiro atoms. The quantitative estimate of drug-likeness (QED) is 0.411. The zero-order valence-electron chi connectivity index (χ0n) is 16.1. The van der Waals surface area contributed by atoms with Crippen LogP contribution in [-0.4, -0.2) is 44.6 Å². The molecule has 1 fully saturated rings. The number of nitrogens with zero attached hydrogens (tertiary/aromatic N) is 6. The highest BCUT2D eigenvalue weighted by Gasteiger charge is 2.35. The molecule has 6 aromatic rings. The summed E-state index contributed by atoms with van der Waals surface area (Å²) in [4.78, 5) is 18.9. The van der Waals surface area contributed by atoms with Gasteiger partial charge in [0.1, 0.15) is 21.1 Å². The molecular weight excluding hydrogens is 430 g/mol. The molecule has 1 saturated carbocycles. The van der Waals surface area contributed by atoms with Crippen molar-refractivity contribution >= 4 is 60.3 Å². The fourth-order valence-corrected chi connectivity index (χ4v) is 7.38. The van der Waals surface area contributed by atoms with Crippen LogP contribution in [0, 0.1) is 0 Å². The minimum atomic E-state index is -1.05. The first-order valence-corrected chi connectivity index (χ1v) is 12.1. The zero-order valence-corrected chi connectivity index (χ0v) is 17.8. The second-order valence-corrected chi connectivity index (χ2v) is 10.6. The molecule has 0 saturated heterocycles. The summed E-state index contributed by atoms with van der Waals surface area (Å²) in [5.74, 6) is 0. The van der Waals surface area contributed by atoms with Gasteiger partial charge in [-0.15, -0.1) is 0 Å². The Morgan fingerprint density at radius 2 is 2.03 bits per heavy atom. The first kappa shape index (κ1) is 17.6. The molecule has 0 amide bonds. The first-order valence-electron chi connectivity index (χ1n) is 10.0. The fourth-order valence-electron chi connectivity index (χ4n) is 4.11. The molecule has 152 valence electrons. The minimum Gasteiger partial charge on any atom is -0.611 e. The average Bonchev–Trinajstić information content (AvgIpc) is 3.38. The lowest BCUT2D eigenvalue weighted by Crippen LogP contribution is -2.28. The molecule has 1 unspecified atom stereocenters. The Bertz CT molecular complexity index is 1610. The van der Waals surface area contributed by atoms with Gasteiger partial charge in [0.2, 0.25) is 4.21 Å². The predicted octanol–water partition coefficient (Wildman–Crippen LogP) is 4.09. The van der Waals surface area contributed by atoms with Gasteiger partial charge >= 0.3 is 0 Å². The lowest BCUT2D eigenvalue weighted by Gasteiger charge is -2.26. The summed E-state index contributed by atoms with van der Waals surface area (Å²) in [5.41, 5.74) is 4.82. The van der Waals surface area contributed by atoms with Crippen LogP contribution in [0.4, 0.5) is 0 Å². The van der Waals surface area contributed by atoms with Gasteiger partial charge in [-0.2, -0.15) is 9.73 Å². The van der Waals surface area contributed by atoms with Crippen LogP contribution in [0.2, 0.25) is 0 Å². The maximum absolute atomic E-state index is 13.3. The highest BCUT2D eigenvalue weighted by Crippen LogP contribution is 2.43. The molecule has 0 bridgehead atoms. The third-order valence-corrected chi connectivity index (χ3v) is 9.19. The highest BCUT2D eigenvalue weighted by molar-refractivity contribution is 7.94. The third kappa shape index (κ3) is 2.55. The number of H-pyrrole nitrogens is 1. The Morgan fingerprint density at radius 3 is 2.90 bits per heavy atom. The molecule has 7 rings (SSSR count). The van der Waals surface area contributed by atoms with Crippen molar-refractivity contribution in [2.24, 2.45) is 0 Å². The van der Waals surface area contributed by atoms with Gasteiger partial charge in [-0.25, -0.2) is 15.0 Å². The molecule has 1 atom stereocenters. The van der Waals surface area contributed by atoms with Crippen LogP contribution in [0.1, 0.15) is 19.3 Å². The monoisotopic (exact) mass is 445 g/mol. The van der Waals surface area contributed by atoms with Crippen molar-refractivity contribution in [2.45, 2.75) is 28.7 Å². The molecule has 1 aliphatic carbocycles. The maximum atomic E-state index is 13.3. The van der Waals surface area contributed by atoms with Gasteiger partial charge in [-0.05, 0) is 37.5 Å². The Hall–Kier alpha value is -3.08. The summed E-state index contributed by atoms with van der Waals surface area (Å²) in [6, 6.07) is 5.98. The van der Waals surface area contributed by atoms with Gasteiger partial charge in [0.15, 0.2) is 5.65 Å². The number of aromatic amines is 1. The van der Waals surface area contributed by atoms with Crippen LogP contribution in [-0.2, 0) is 11.2 Å². The lowest BCUT2D eigenvalue weighted by molar-refractivity contribution is 0.478. The van der Waals surface area contributed by atoms with E-state index in [0.29, 0.717) is 5.65 Å². The molecule has 1 aliphatic rings. The largest absolute Gasteiger partial charge is 0.611 e. The van der Waals surface area contributed by atoms with Crippen molar-refractivity contribution in [3.8, 4) is 11.3 Å². The van der Waals surface area contributed by atoms with E-state index in [9.17, 15) is 4.55 Å². The van der Waals surface area contributed by atoms with Gasteiger partial charge in [0.05, 0.1) is 22.8 Å². The van der Waals surface area contributed by atoms with E-state index in [0.717, 1.165) is 66.9 Å². The number of hydrogen-bond donors (Lipinski definition) is 1. The van der Waals surface area contributed by atoms with E-state index in [1.54, 1.807) is 29.4 Å². The summed E-state index contributed by atoms with van der Waals surface area (Å²) in [7, 11) is 0. The zero-order chi connectivity index (χ0) is 20.5. The number of aromatic nitrogens is 7.